The first-order valence-electron chi connectivity index (χ1n) is 3.56. The molecule has 1 aliphatic rings. The van der Waals surface area contributed by atoms with E-state index in [0.29, 0.717) is 0 Å². The lowest BCUT2D eigenvalue weighted by Crippen LogP contribution is -2.32. The predicted octanol–water partition coefficient (Wildman–Crippen LogP) is 1.63. The van der Waals surface area contributed by atoms with E-state index >= 15 is 0 Å². The van der Waals surface area contributed by atoms with Crippen LogP contribution in [0.15, 0.2) is 23.5 Å². The van der Waals surface area contributed by atoms with Crippen molar-refractivity contribution in [1.29, 1.82) is 0 Å². The Hall–Kier alpha value is -0.760. The average molecular weight is 138 g/mol. The summed E-state index contributed by atoms with van der Waals surface area (Å²) >= 11 is 0. The van der Waals surface area contributed by atoms with E-state index in [1.54, 1.807) is 0 Å². The van der Waals surface area contributed by atoms with Crippen molar-refractivity contribution in [1.82, 2.24) is 10.4 Å². The Morgan fingerprint density at radius 1 is 1.30 bits per heavy atom. The van der Waals surface area contributed by atoms with Gasteiger partial charge in [0.05, 0.1) is 0 Å². The number of hydrogen-bond acceptors (Lipinski definition) is 2. The highest BCUT2D eigenvalue weighted by molar-refractivity contribution is 5.15. The maximum absolute atomic E-state index is 3.10. The third-order valence-electron chi connectivity index (χ3n) is 1.76. The van der Waals surface area contributed by atoms with Gasteiger partial charge >= 0.3 is 0 Å². The Bertz CT molecular complexity index is 162. The summed E-state index contributed by atoms with van der Waals surface area (Å²) in [6.45, 7) is 4.21. The lowest BCUT2D eigenvalue weighted by molar-refractivity contribution is 0.336. The Labute approximate surface area is 62.2 Å². The molecule has 0 aliphatic carbocycles. The highest BCUT2D eigenvalue weighted by Crippen LogP contribution is 2.15. The molecule has 0 bridgehead atoms. The second-order valence-corrected chi connectivity index (χ2v) is 2.49. The molecule has 56 valence electrons. The molecule has 0 radical (unpaired) electrons. The van der Waals surface area contributed by atoms with Crippen LogP contribution in [0.1, 0.15) is 20.3 Å². The summed E-state index contributed by atoms with van der Waals surface area (Å²) in [4.78, 5) is 0. The van der Waals surface area contributed by atoms with Crippen molar-refractivity contribution < 1.29 is 0 Å². The fraction of sp³-hybridized carbons (Fsp3) is 0.500. The van der Waals surface area contributed by atoms with Gasteiger partial charge in [-0.15, -0.1) is 0 Å². The molecule has 0 aromatic heterocycles. The Balaban J connectivity index is 2.73. The first-order chi connectivity index (χ1) is 4.75. The molecule has 0 aromatic carbocycles. The summed E-state index contributed by atoms with van der Waals surface area (Å²) in [5, 5.41) is 2.07. The van der Waals surface area contributed by atoms with E-state index in [4.69, 9.17) is 0 Å². The maximum Gasteiger partial charge on any atom is 0.0280 e. The van der Waals surface area contributed by atoms with Gasteiger partial charge in [-0.3, -0.25) is 5.01 Å². The highest BCUT2D eigenvalue weighted by Gasteiger charge is 2.06. The van der Waals surface area contributed by atoms with Crippen LogP contribution in [0.25, 0.3) is 0 Å². The third-order valence-corrected chi connectivity index (χ3v) is 1.76. The van der Waals surface area contributed by atoms with Crippen molar-refractivity contribution in [3.63, 3.8) is 0 Å². The summed E-state index contributed by atoms with van der Waals surface area (Å²) in [6, 6.07) is 0. The minimum Gasteiger partial charge on any atom is -0.287 e. The third kappa shape index (κ3) is 1.21. The molecule has 1 heterocycles. The van der Waals surface area contributed by atoms with Gasteiger partial charge in [0.1, 0.15) is 0 Å². The first kappa shape index (κ1) is 7.35. The summed E-state index contributed by atoms with van der Waals surface area (Å²) < 4.78 is 0. The van der Waals surface area contributed by atoms with E-state index in [1.807, 2.05) is 7.05 Å². The zero-order valence-corrected chi connectivity index (χ0v) is 6.81. The molecule has 0 unspecified atom stereocenters. The van der Waals surface area contributed by atoms with Crippen LogP contribution in [0.4, 0.5) is 0 Å². The molecule has 0 spiro atoms. The molecule has 2 nitrogen and oxygen atoms in total. The normalized spacial score (nSPS) is 18.5. The van der Waals surface area contributed by atoms with E-state index in [-0.39, 0.29) is 0 Å². The Morgan fingerprint density at radius 3 is 2.10 bits per heavy atom. The molecule has 0 saturated carbocycles. The van der Waals surface area contributed by atoms with Gasteiger partial charge in [0.25, 0.3) is 0 Å². The van der Waals surface area contributed by atoms with Crippen LogP contribution >= 0.6 is 0 Å². The molecule has 0 saturated heterocycles. The van der Waals surface area contributed by atoms with Crippen LogP contribution in [0, 0.1) is 0 Å². The van der Waals surface area contributed by atoms with Crippen molar-refractivity contribution >= 4 is 0 Å². The lowest BCUT2D eigenvalue weighted by Gasteiger charge is -2.27. The van der Waals surface area contributed by atoms with Crippen LogP contribution < -0.4 is 5.43 Å². The maximum atomic E-state index is 3.10. The van der Waals surface area contributed by atoms with Crippen LogP contribution in [-0.4, -0.2) is 12.1 Å². The zero-order valence-electron chi connectivity index (χ0n) is 6.81. The van der Waals surface area contributed by atoms with E-state index in [2.05, 4.69) is 36.4 Å². The summed E-state index contributed by atoms with van der Waals surface area (Å²) in [6.07, 6.45) is 5.46. The molecule has 2 heteroatoms. The highest BCUT2D eigenvalue weighted by atomic mass is 15.5. The van der Waals surface area contributed by atoms with Crippen LogP contribution in [0.2, 0.25) is 0 Å². The van der Waals surface area contributed by atoms with Gasteiger partial charge in [-0.05, 0) is 20.3 Å². The zero-order chi connectivity index (χ0) is 7.56. The number of hydrogen-bond donors (Lipinski definition) is 1. The van der Waals surface area contributed by atoms with E-state index < -0.39 is 0 Å². The number of nitrogens with zero attached hydrogens (tertiary/aromatic N) is 1. The fourth-order valence-electron chi connectivity index (χ4n) is 1.21. The van der Waals surface area contributed by atoms with Crippen molar-refractivity contribution in [3.8, 4) is 0 Å². The molecular weight excluding hydrogens is 124 g/mol. The standard InChI is InChI=1S/C8H14N2/c1-7-5-4-6-8(2)10(7)9-3/h5-6,9H,4H2,1-3H3. The SMILES string of the molecule is CNN1C(C)=CCC=C1C. The second kappa shape index (κ2) is 2.88. The second-order valence-electron chi connectivity index (χ2n) is 2.49. The average Bonchev–Trinajstić information content (AvgIpc) is 1.88. The van der Waals surface area contributed by atoms with Crippen molar-refractivity contribution in [2.45, 2.75) is 20.3 Å². The summed E-state index contributed by atoms with van der Waals surface area (Å²) in [5.74, 6) is 0. The van der Waals surface area contributed by atoms with E-state index in [9.17, 15) is 0 Å². The van der Waals surface area contributed by atoms with Gasteiger partial charge in [-0.25, -0.2) is 5.43 Å². The minimum absolute atomic E-state index is 1.07. The minimum atomic E-state index is 1.07. The van der Waals surface area contributed by atoms with Gasteiger partial charge in [0, 0.05) is 18.4 Å². The molecule has 0 atom stereocenters. The molecule has 1 N–H and O–H groups in total. The van der Waals surface area contributed by atoms with Gasteiger partial charge < -0.3 is 0 Å². The lowest BCUT2D eigenvalue weighted by atomic mass is 10.2. The number of hydrazine groups is 1. The smallest absolute Gasteiger partial charge is 0.0280 e. The van der Waals surface area contributed by atoms with Crippen LogP contribution in [-0.2, 0) is 0 Å². The monoisotopic (exact) mass is 138 g/mol. The van der Waals surface area contributed by atoms with E-state index in [0.717, 1.165) is 6.42 Å². The van der Waals surface area contributed by atoms with Gasteiger partial charge in [0.15, 0.2) is 0 Å². The predicted molar refractivity (Wildman–Crippen MR) is 43.0 cm³/mol. The number of allylic oxidation sites excluding steroid dienone is 4. The van der Waals surface area contributed by atoms with Gasteiger partial charge in [-0.2, -0.15) is 0 Å². The Morgan fingerprint density at radius 2 is 1.80 bits per heavy atom. The molecule has 0 amide bonds. The Kier molecular flexibility index (Phi) is 2.12. The first-order valence-corrected chi connectivity index (χ1v) is 3.56. The number of rotatable bonds is 1. The van der Waals surface area contributed by atoms with Crippen molar-refractivity contribution in [2.75, 3.05) is 7.05 Å². The quantitative estimate of drug-likeness (QED) is 0.592. The fourth-order valence-corrected chi connectivity index (χ4v) is 1.21. The molecular formula is C8H14N2. The van der Waals surface area contributed by atoms with Crippen molar-refractivity contribution in [2.24, 2.45) is 0 Å². The van der Waals surface area contributed by atoms with Crippen LogP contribution in [0.3, 0.4) is 0 Å². The largest absolute Gasteiger partial charge is 0.287 e. The van der Waals surface area contributed by atoms with Gasteiger partial charge in [-0.1, -0.05) is 12.2 Å². The molecule has 0 fully saturated rings. The van der Waals surface area contributed by atoms with E-state index in [1.165, 1.54) is 11.4 Å². The van der Waals surface area contributed by atoms with Gasteiger partial charge in [0.2, 0.25) is 0 Å². The number of nitrogens with one attached hydrogen (secondary N) is 1. The molecule has 1 rings (SSSR count). The molecule has 1 aliphatic heterocycles. The topological polar surface area (TPSA) is 15.3 Å². The molecule has 10 heavy (non-hydrogen) atoms. The molecule has 0 aromatic rings. The summed E-state index contributed by atoms with van der Waals surface area (Å²) in [7, 11) is 1.93. The van der Waals surface area contributed by atoms with Crippen LogP contribution in [0.5, 0.6) is 0 Å². The summed E-state index contributed by atoms with van der Waals surface area (Å²) in [5.41, 5.74) is 5.66. The van der Waals surface area contributed by atoms with Crippen molar-refractivity contribution in [3.05, 3.63) is 23.5 Å².